The van der Waals surface area contributed by atoms with Crippen LogP contribution >= 0.6 is 0 Å². The van der Waals surface area contributed by atoms with Crippen LogP contribution in [0, 0.1) is 5.92 Å². The lowest BCUT2D eigenvalue weighted by molar-refractivity contribution is 0.121. The smallest absolute Gasteiger partial charge is 0.0350 e. The fourth-order valence-corrected chi connectivity index (χ4v) is 4.18. The van der Waals surface area contributed by atoms with Crippen molar-refractivity contribution < 1.29 is 0 Å². The van der Waals surface area contributed by atoms with Crippen LogP contribution in [0.1, 0.15) is 56.6 Å². The molecule has 1 aliphatic carbocycles. The number of hydrogen-bond donors (Lipinski definition) is 1. The van der Waals surface area contributed by atoms with Crippen LogP contribution in [0.4, 0.5) is 5.69 Å². The summed E-state index contributed by atoms with van der Waals surface area (Å²) in [5.74, 6) is 1.00. The highest BCUT2D eigenvalue weighted by Gasteiger charge is 2.28. The third-order valence-corrected chi connectivity index (χ3v) is 5.36. The number of anilines is 1. The number of hydrogen-bond acceptors (Lipinski definition) is 2. The summed E-state index contributed by atoms with van der Waals surface area (Å²) in [5, 5.41) is 0. The summed E-state index contributed by atoms with van der Waals surface area (Å²) < 4.78 is 0. The van der Waals surface area contributed by atoms with Crippen molar-refractivity contribution in [1.29, 1.82) is 0 Å². The second-order valence-corrected chi connectivity index (χ2v) is 6.67. The lowest BCUT2D eigenvalue weighted by Gasteiger charge is -2.39. The molecule has 0 radical (unpaired) electrons. The van der Waals surface area contributed by atoms with E-state index in [1.54, 1.807) is 0 Å². The number of nitrogens with two attached hydrogens (primary N) is 1. The molecule has 0 bridgehead atoms. The molecule has 3 rings (SSSR count). The maximum atomic E-state index is 6.10. The Morgan fingerprint density at radius 3 is 2.75 bits per heavy atom. The molecule has 0 amide bonds. The minimum Gasteiger partial charge on any atom is -0.398 e. The molecule has 1 aromatic rings. The Hall–Kier alpha value is -1.02. The van der Waals surface area contributed by atoms with Gasteiger partial charge in [0.2, 0.25) is 0 Å². The van der Waals surface area contributed by atoms with Crippen molar-refractivity contribution >= 4 is 5.69 Å². The first-order chi connectivity index (χ1) is 9.78. The lowest BCUT2D eigenvalue weighted by Crippen LogP contribution is -2.41. The van der Waals surface area contributed by atoms with Gasteiger partial charge in [-0.1, -0.05) is 31.9 Å². The van der Waals surface area contributed by atoms with Crippen molar-refractivity contribution in [1.82, 2.24) is 4.90 Å². The molecular formula is C18H28N2. The molecule has 2 aliphatic rings. The van der Waals surface area contributed by atoms with Gasteiger partial charge in [-0.05, 0) is 55.2 Å². The van der Waals surface area contributed by atoms with E-state index in [0.29, 0.717) is 0 Å². The van der Waals surface area contributed by atoms with Gasteiger partial charge in [0, 0.05) is 24.8 Å². The summed E-state index contributed by atoms with van der Waals surface area (Å²) in [5.41, 5.74) is 9.96. The van der Waals surface area contributed by atoms with Gasteiger partial charge in [0.05, 0.1) is 0 Å². The minimum atomic E-state index is 0.817. The lowest BCUT2D eigenvalue weighted by atomic mass is 9.82. The summed E-state index contributed by atoms with van der Waals surface area (Å²) >= 11 is 0. The van der Waals surface area contributed by atoms with Crippen molar-refractivity contribution in [2.24, 2.45) is 5.92 Å². The van der Waals surface area contributed by atoms with Crippen molar-refractivity contribution in [2.45, 2.75) is 64.5 Å². The maximum Gasteiger partial charge on any atom is 0.0350 e. The van der Waals surface area contributed by atoms with Crippen LogP contribution in [-0.2, 0) is 13.0 Å². The highest BCUT2D eigenvalue weighted by molar-refractivity contribution is 5.51. The van der Waals surface area contributed by atoms with Crippen LogP contribution in [0.3, 0.4) is 0 Å². The van der Waals surface area contributed by atoms with Gasteiger partial charge in [-0.3, -0.25) is 4.90 Å². The molecule has 20 heavy (non-hydrogen) atoms. The maximum absolute atomic E-state index is 6.10. The van der Waals surface area contributed by atoms with E-state index in [9.17, 15) is 0 Å². The van der Waals surface area contributed by atoms with Crippen LogP contribution in [-0.4, -0.2) is 17.5 Å². The number of nitrogen functional groups attached to an aromatic ring is 1. The highest BCUT2D eigenvalue weighted by atomic mass is 15.2. The molecule has 1 aromatic carbocycles. The summed E-state index contributed by atoms with van der Waals surface area (Å²) in [7, 11) is 0. The first kappa shape index (κ1) is 13.9. The van der Waals surface area contributed by atoms with Crippen LogP contribution < -0.4 is 5.73 Å². The molecule has 1 saturated carbocycles. The van der Waals surface area contributed by atoms with Crippen molar-refractivity contribution in [3.8, 4) is 0 Å². The molecule has 0 unspecified atom stereocenters. The Kier molecular flexibility index (Phi) is 4.30. The molecule has 2 N–H and O–H groups in total. The monoisotopic (exact) mass is 272 g/mol. The van der Waals surface area contributed by atoms with E-state index in [-0.39, 0.29) is 0 Å². The molecule has 0 spiro atoms. The van der Waals surface area contributed by atoms with Gasteiger partial charge < -0.3 is 5.73 Å². The van der Waals surface area contributed by atoms with E-state index in [1.165, 1.54) is 56.2 Å². The first-order valence-electron chi connectivity index (χ1n) is 8.38. The second-order valence-electron chi connectivity index (χ2n) is 6.67. The van der Waals surface area contributed by atoms with E-state index in [2.05, 4.69) is 24.0 Å². The fraction of sp³-hybridized carbons (Fsp3) is 0.667. The average Bonchev–Trinajstić information content (AvgIpc) is 2.48. The third kappa shape index (κ3) is 2.85. The number of nitrogens with zero attached hydrogens (tertiary/aromatic N) is 1. The standard InChI is InChI=1S/C18H28N2/c1-2-4-14-7-9-16(10-8-14)20-12-11-17-15(13-20)5-3-6-18(17)19/h3,5-6,14,16H,2,4,7-13,19H2,1H3. The molecule has 0 saturated heterocycles. The SMILES string of the molecule is CCCC1CCC(N2CCc3c(N)cccc3C2)CC1. The Morgan fingerprint density at radius 2 is 2.00 bits per heavy atom. The summed E-state index contributed by atoms with van der Waals surface area (Å²) in [6.45, 7) is 4.63. The van der Waals surface area contributed by atoms with Crippen LogP contribution in [0.25, 0.3) is 0 Å². The molecule has 1 fully saturated rings. The second kappa shape index (κ2) is 6.17. The normalized spacial score (nSPS) is 27.2. The Labute approximate surface area is 123 Å². The number of fused-ring (bicyclic) bond motifs is 1. The van der Waals surface area contributed by atoms with Gasteiger partial charge in [-0.15, -0.1) is 0 Å². The first-order valence-corrected chi connectivity index (χ1v) is 8.38. The molecular weight excluding hydrogens is 244 g/mol. The molecule has 0 aromatic heterocycles. The molecule has 1 heterocycles. The van der Waals surface area contributed by atoms with E-state index in [4.69, 9.17) is 5.73 Å². The molecule has 110 valence electrons. The Bertz CT molecular complexity index is 447. The van der Waals surface area contributed by atoms with Crippen molar-refractivity contribution in [2.75, 3.05) is 12.3 Å². The van der Waals surface area contributed by atoms with E-state index in [0.717, 1.165) is 30.6 Å². The van der Waals surface area contributed by atoms with Gasteiger partial charge in [0.1, 0.15) is 0 Å². The van der Waals surface area contributed by atoms with Crippen LogP contribution in [0.15, 0.2) is 18.2 Å². The van der Waals surface area contributed by atoms with E-state index in [1.807, 2.05) is 6.07 Å². The summed E-state index contributed by atoms with van der Waals surface area (Å²) in [6, 6.07) is 7.23. The summed E-state index contributed by atoms with van der Waals surface area (Å²) in [6.07, 6.45) is 9.62. The molecule has 1 aliphatic heterocycles. The van der Waals surface area contributed by atoms with E-state index < -0.39 is 0 Å². The zero-order valence-corrected chi connectivity index (χ0v) is 12.8. The zero-order valence-electron chi connectivity index (χ0n) is 12.8. The molecule has 2 heteroatoms. The number of rotatable bonds is 3. The van der Waals surface area contributed by atoms with Gasteiger partial charge >= 0.3 is 0 Å². The van der Waals surface area contributed by atoms with Gasteiger partial charge in [-0.2, -0.15) is 0 Å². The zero-order chi connectivity index (χ0) is 13.9. The number of benzene rings is 1. The Balaban J connectivity index is 1.61. The average molecular weight is 272 g/mol. The molecule has 2 nitrogen and oxygen atoms in total. The predicted molar refractivity (Wildman–Crippen MR) is 85.6 cm³/mol. The quantitative estimate of drug-likeness (QED) is 0.843. The predicted octanol–water partition coefficient (Wildman–Crippen LogP) is 3.99. The van der Waals surface area contributed by atoms with Crippen molar-refractivity contribution in [3.63, 3.8) is 0 Å². The van der Waals surface area contributed by atoms with Gasteiger partial charge in [0.25, 0.3) is 0 Å². The Morgan fingerprint density at radius 1 is 1.20 bits per heavy atom. The van der Waals surface area contributed by atoms with Gasteiger partial charge in [0.15, 0.2) is 0 Å². The fourth-order valence-electron chi connectivity index (χ4n) is 4.18. The highest BCUT2D eigenvalue weighted by Crippen LogP contribution is 2.33. The topological polar surface area (TPSA) is 29.3 Å². The largest absolute Gasteiger partial charge is 0.398 e. The van der Waals surface area contributed by atoms with Gasteiger partial charge in [-0.25, -0.2) is 0 Å². The van der Waals surface area contributed by atoms with Crippen molar-refractivity contribution in [3.05, 3.63) is 29.3 Å². The molecule has 0 atom stereocenters. The minimum absolute atomic E-state index is 0.817. The van der Waals surface area contributed by atoms with Crippen LogP contribution in [0.5, 0.6) is 0 Å². The summed E-state index contributed by atoms with van der Waals surface area (Å²) in [4.78, 5) is 2.71. The van der Waals surface area contributed by atoms with Crippen LogP contribution in [0.2, 0.25) is 0 Å². The van der Waals surface area contributed by atoms with E-state index >= 15 is 0 Å². The third-order valence-electron chi connectivity index (χ3n) is 5.36.